The molecule has 2 atom stereocenters. The second-order valence-electron chi connectivity index (χ2n) is 4.44. The predicted octanol–water partition coefficient (Wildman–Crippen LogP) is 1.11. The number of hydrogen-bond acceptors (Lipinski definition) is 6. The van der Waals surface area contributed by atoms with E-state index in [1.165, 1.54) is 12.1 Å². The van der Waals surface area contributed by atoms with Gasteiger partial charge in [-0.2, -0.15) is 0 Å². The standard InChI is InChI=1S/C13H13ClN2O5/c14-9-6-7-13(16-9,21-12(15)19)11(18)20-10(17)8-4-2-1-3-5-8/h1-5,9,16H,6-7H2,(H2,15,19)/t9?,13-/m1/s1. The van der Waals surface area contributed by atoms with E-state index in [1.807, 2.05) is 0 Å². The highest BCUT2D eigenvalue weighted by molar-refractivity contribution is 6.20. The molecule has 0 aromatic heterocycles. The summed E-state index contributed by atoms with van der Waals surface area (Å²) < 4.78 is 9.53. The lowest BCUT2D eigenvalue weighted by Gasteiger charge is -2.25. The van der Waals surface area contributed by atoms with Crippen molar-refractivity contribution in [2.45, 2.75) is 24.1 Å². The van der Waals surface area contributed by atoms with Crippen LogP contribution in [0.15, 0.2) is 30.3 Å². The largest absolute Gasteiger partial charge is 0.416 e. The van der Waals surface area contributed by atoms with E-state index in [9.17, 15) is 14.4 Å². The number of esters is 2. The average Bonchev–Trinajstić information content (AvgIpc) is 2.81. The maximum Gasteiger partial charge on any atom is 0.406 e. The first kappa shape index (κ1) is 15.3. The lowest BCUT2D eigenvalue weighted by atomic mass is 10.1. The molecule has 21 heavy (non-hydrogen) atoms. The van der Waals surface area contributed by atoms with Crippen molar-refractivity contribution in [3.05, 3.63) is 35.9 Å². The molecule has 0 aliphatic carbocycles. The molecule has 0 radical (unpaired) electrons. The van der Waals surface area contributed by atoms with Crippen molar-refractivity contribution < 1.29 is 23.9 Å². The first-order valence-electron chi connectivity index (χ1n) is 6.15. The van der Waals surface area contributed by atoms with Crippen LogP contribution in [0.3, 0.4) is 0 Å². The normalized spacial score (nSPS) is 24.3. The van der Waals surface area contributed by atoms with Crippen LogP contribution in [0.25, 0.3) is 0 Å². The molecule has 8 heteroatoms. The van der Waals surface area contributed by atoms with Crippen LogP contribution in [0.4, 0.5) is 4.79 Å². The van der Waals surface area contributed by atoms with Gasteiger partial charge in [0.2, 0.25) is 0 Å². The maximum absolute atomic E-state index is 12.1. The zero-order valence-corrected chi connectivity index (χ0v) is 11.6. The number of carbonyl (C=O) groups is 3. The third-order valence-corrected chi connectivity index (χ3v) is 3.27. The molecule has 1 aromatic rings. The molecule has 0 saturated carbocycles. The van der Waals surface area contributed by atoms with Crippen LogP contribution >= 0.6 is 11.6 Å². The van der Waals surface area contributed by atoms with Crippen LogP contribution in [-0.2, 0) is 14.3 Å². The minimum absolute atomic E-state index is 0.0605. The molecule has 0 spiro atoms. The molecule has 1 amide bonds. The second kappa shape index (κ2) is 6.11. The number of amides is 1. The summed E-state index contributed by atoms with van der Waals surface area (Å²) in [7, 11) is 0. The summed E-state index contributed by atoms with van der Waals surface area (Å²) in [6.45, 7) is 0. The SMILES string of the molecule is NC(=O)O[C@@]1(C(=O)OC(=O)c2ccccc2)CCC(Cl)N1. The van der Waals surface area contributed by atoms with Crippen molar-refractivity contribution in [2.75, 3.05) is 0 Å². The van der Waals surface area contributed by atoms with Gasteiger partial charge < -0.3 is 15.2 Å². The van der Waals surface area contributed by atoms with Crippen molar-refractivity contribution >= 4 is 29.6 Å². The van der Waals surface area contributed by atoms with E-state index < -0.39 is 29.3 Å². The fraction of sp³-hybridized carbons (Fsp3) is 0.308. The van der Waals surface area contributed by atoms with Gasteiger partial charge in [-0.15, -0.1) is 11.6 Å². The molecule has 7 nitrogen and oxygen atoms in total. The smallest absolute Gasteiger partial charge is 0.406 e. The van der Waals surface area contributed by atoms with Gasteiger partial charge in [0, 0.05) is 6.42 Å². The Morgan fingerprint density at radius 2 is 1.95 bits per heavy atom. The molecule has 1 saturated heterocycles. The van der Waals surface area contributed by atoms with Gasteiger partial charge in [-0.05, 0) is 18.6 Å². The summed E-state index contributed by atoms with van der Waals surface area (Å²) in [6.07, 6.45) is -0.758. The lowest BCUT2D eigenvalue weighted by Crippen LogP contribution is -2.54. The van der Waals surface area contributed by atoms with Gasteiger partial charge in [0.1, 0.15) is 0 Å². The van der Waals surface area contributed by atoms with Gasteiger partial charge in [-0.3, -0.25) is 5.32 Å². The Morgan fingerprint density at radius 1 is 1.29 bits per heavy atom. The average molecular weight is 313 g/mol. The van der Waals surface area contributed by atoms with Gasteiger partial charge >= 0.3 is 18.0 Å². The minimum Gasteiger partial charge on any atom is -0.416 e. The number of primary amides is 1. The maximum atomic E-state index is 12.1. The van der Waals surface area contributed by atoms with Crippen molar-refractivity contribution in [3.63, 3.8) is 0 Å². The zero-order valence-electron chi connectivity index (χ0n) is 10.9. The van der Waals surface area contributed by atoms with Gasteiger partial charge in [0.15, 0.2) is 0 Å². The van der Waals surface area contributed by atoms with Gasteiger partial charge in [0.25, 0.3) is 5.72 Å². The molecule has 1 aliphatic rings. The Kier molecular flexibility index (Phi) is 4.44. The summed E-state index contributed by atoms with van der Waals surface area (Å²) in [4.78, 5) is 34.9. The highest BCUT2D eigenvalue weighted by atomic mass is 35.5. The molecular weight excluding hydrogens is 300 g/mol. The van der Waals surface area contributed by atoms with E-state index in [-0.39, 0.29) is 12.0 Å². The first-order valence-corrected chi connectivity index (χ1v) is 6.58. The van der Waals surface area contributed by atoms with Gasteiger partial charge in [0.05, 0.1) is 11.1 Å². The van der Waals surface area contributed by atoms with Crippen molar-refractivity contribution in [3.8, 4) is 0 Å². The van der Waals surface area contributed by atoms with Crippen molar-refractivity contribution in [1.82, 2.24) is 5.32 Å². The van der Waals surface area contributed by atoms with E-state index in [2.05, 4.69) is 5.32 Å². The van der Waals surface area contributed by atoms with E-state index in [4.69, 9.17) is 26.8 Å². The molecular formula is C13H13ClN2O5. The summed E-state index contributed by atoms with van der Waals surface area (Å²) in [5, 5.41) is 2.57. The fourth-order valence-corrected chi connectivity index (χ4v) is 2.27. The minimum atomic E-state index is -1.83. The van der Waals surface area contributed by atoms with Crippen LogP contribution in [-0.4, -0.2) is 29.3 Å². The molecule has 1 aromatic carbocycles. The number of hydrogen-bond donors (Lipinski definition) is 2. The quantitative estimate of drug-likeness (QED) is 0.374. The zero-order chi connectivity index (χ0) is 15.5. The van der Waals surface area contributed by atoms with Crippen LogP contribution in [0.1, 0.15) is 23.2 Å². The molecule has 0 bridgehead atoms. The third kappa shape index (κ3) is 3.50. The summed E-state index contributed by atoms with van der Waals surface area (Å²) in [5.41, 5.74) is 2.72. The summed E-state index contributed by atoms with van der Waals surface area (Å²) in [6, 6.07) is 7.94. The number of ether oxygens (including phenoxy) is 2. The Morgan fingerprint density at radius 3 is 2.48 bits per heavy atom. The summed E-state index contributed by atoms with van der Waals surface area (Å²) in [5.74, 6) is -1.91. The topological polar surface area (TPSA) is 108 Å². The third-order valence-electron chi connectivity index (χ3n) is 2.94. The second-order valence-corrected chi connectivity index (χ2v) is 4.97. The monoisotopic (exact) mass is 312 g/mol. The molecule has 2 rings (SSSR count). The van der Waals surface area contributed by atoms with Gasteiger partial charge in [-0.25, -0.2) is 14.4 Å². The van der Waals surface area contributed by atoms with E-state index in [0.717, 1.165) is 0 Å². The lowest BCUT2D eigenvalue weighted by molar-refractivity contribution is -0.161. The van der Waals surface area contributed by atoms with Crippen LogP contribution in [0, 0.1) is 0 Å². The number of halogens is 1. The first-order chi connectivity index (χ1) is 9.93. The Bertz CT molecular complexity index is 565. The van der Waals surface area contributed by atoms with Crippen molar-refractivity contribution in [2.24, 2.45) is 5.73 Å². The van der Waals surface area contributed by atoms with Crippen LogP contribution < -0.4 is 11.1 Å². The van der Waals surface area contributed by atoms with Gasteiger partial charge in [-0.1, -0.05) is 18.2 Å². The van der Waals surface area contributed by atoms with Crippen LogP contribution in [0.2, 0.25) is 0 Å². The Hall–Kier alpha value is -2.12. The molecule has 1 fully saturated rings. The molecule has 1 aliphatic heterocycles. The molecule has 3 N–H and O–H groups in total. The van der Waals surface area contributed by atoms with E-state index in [0.29, 0.717) is 6.42 Å². The highest BCUT2D eigenvalue weighted by Gasteiger charge is 2.50. The van der Waals surface area contributed by atoms with Crippen LogP contribution in [0.5, 0.6) is 0 Å². The number of nitrogens with two attached hydrogens (primary N) is 1. The Balaban J connectivity index is 2.13. The van der Waals surface area contributed by atoms with E-state index >= 15 is 0 Å². The fourth-order valence-electron chi connectivity index (χ4n) is 1.98. The number of alkyl halides is 1. The number of rotatable bonds is 3. The highest BCUT2D eigenvalue weighted by Crippen LogP contribution is 2.28. The number of nitrogens with one attached hydrogen (secondary N) is 1. The number of carbonyl (C=O) groups excluding carboxylic acids is 3. The van der Waals surface area contributed by atoms with Crippen molar-refractivity contribution in [1.29, 1.82) is 0 Å². The number of benzene rings is 1. The molecule has 112 valence electrons. The predicted molar refractivity (Wildman–Crippen MR) is 72.3 cm³/mol. The molecule has 1 unspecified atom stereocenters. The Labute approximate surface area is 125 Å². The molecule has 1 heterocycles. The van der Waals surface area contributed by atoms with E-state index in [1.54, 1.807) is 18.2 Å². The summed E-state index contributed by atoms with van der Waals surface area (Å²) >= 11 is 5.84.